The van der Waals surface area contributed by atoms with Crippen LogP contribution < -0.4 is 5.32 Å². The third-order valence-corrected chi connectivity index (χ3v) is 2.69. The van der Waals surface area contributed by atoms with Crippen LogP contribution in [-0.2, 0) is 0 Å². The number of nitrogens with zero attached hydrogens (tertiary/aromatic N) is 1. The molecule has 0 spiro atoms. The number of amides is 1. The molecule has 17 heavy (non-hydrogen) atoms. The second-order valence-corrected chi connectivity index (χ2v) is 4.01. The van der Waals surface area contributed by atoms with Crippen LogP contribution in [0.15, 0.2) is 42.6 Å². The summed E-state index contributed by atoms with van der Waals surface area (Å²) in [6.45, 7) is 1.88. The van der Waals surface area contributed by atoms with Crippen LogP contribution in [0.25, 0.3) is 0 Å². The van der Waals surface area contributed by atoms with E-state index in [2.05, 4.69) is 10.3 Å². The van der Waals surface area contributed by atoms with E-state index in [1.807, 2.05) is 25.1 Å². The molecule has 2 aromatic rings. The van der Waals surface area contributed by atoms with Crippen LogP contribution in [0.3, 0.4) is 0 Å². The molecule has 3 nitrogen and oxygen atoms in total. The van der Waals surface area contributed by atoms with Crippen molar-refractivity contribution in [3.63, 3.8) is 0 Å². The molecule has 1 N–H and O–H groups in total. The molecule has 0 aliphatic carbocycles. The largest absolute Gasteiger partial charge is 0.305 e. The predicted molar refractivity (Wildman–Crippen MR) is 68.4 cm³/mol. The van der Waals surface area contributed by atoms with Gasteiger partial charge >= 0.3 is 0 Å². The Kier molecular flexibility index (Phi) is 3.40. The van der Waals surface area contributed by atoms with E-state index in [1.54, 1.807) is 24.4 Å². The highest BCUT2D eigenvalue weighted by atomic mass is 35.5. The van der Waals surface area contributed by atoms with E-state index in [0.29, 0.717) is 16.4 Å². The number of carbonyl (C=O) groups is 1. The Bertz CT molecular complexity index is 555. The van der Waals surface area contributed by atoms with Crippen molar-refractivity contribution >= 4 is 23.3 Å². The minimum atomic E-state index is -0.205. The van der Waals surface area contributed by atoms with Crippen molar-refractivity contribution < 1.29 is 4.79 Å². The van der Waals surface area contributed by atoms with E-state index in [9.17, 15) is 4.79 Å². The highest BCUT2D eigenvalue weighted by Gasteiger charge is 2.10. The van der Waals surface area contributed by atoms with Crippen molar-refractivity contribution in [3.8, 4) is 0 Å². The van der Waals surface area contributed by atoms with Crippen LogP contribution in [0.2, 0.25) is 5.02 Å². The molecule has 1 aromatic heterocycles. The maximum Gasteiger partial charge on any atom is 0.257 e. The maximum absolute atomic E-state index is 12.0. The number of aromatic nitrogens is 1. The molecule has 4 heteroatoms. The van der Waals surface area contributed by atoms with Crippen molar-refractivity contribution in [1.82, 2.24) is 4.98 Å². The van der Waals surface area contributed by atoms with Gasteiger partial charge in [-0.3, -0.25) is 4.79 Å². The van der Waals surface area contributed by atoms with Gasteiger partial charge in [-0.15, -0.1) is 0 Å². The number of halogens is 1. The summed E-state index contributed by atoms with van der Waals surface area (Å²) >= 11 is 5.92. The number of hydrogen-bond donors (Lipinski definition) is 1. The summed E-state index contributed by atoms with van der Waals surface area (Å²) < 4.78 is 0. The molecule has 2 rings (SSSR count). The van der Waals surface area contributed by atoms with Crippen molar-refractivity contribution in [3.05, 3.63) is 58.7 Å². The molecule has 0 bridgehead atoms. The maximum atomic E-state index is 12.0. The zero-order valence-electron chi connectivity index (χ0n) is 9.27. The van der Waals surface area contributed by atoms with Gasteiger partial charge in [-0.05, 0) is 30.7 Å². The van der Waals surface area contributed by atoms with Crippen LogP contribution in [0.4, 0.5) is 5.82 Å². The fraction of sp³-hybridized carbons (Fsp3) is 0.0769. The molecular formula is C13H11ClN2O. The summed E-state index contributed by atoms with van der Waals surface area (Å²) in [4.78, 5) is 16.0. The summed E-state index contributed by atoms with van der Waals surface area (Å²) in [6, 6.07) is 10.8. The first-order valence-electron chi connectivity index (χ1n) is 5.16. The second kappa shape index (κ2) is 4.97. The summed E-state index contributed by atoms with van der Waals surface area (Å²) in [5.41, 5.74) is 1.53. The van der Waals surface area contributed by atoms with Gasteiger partial charge in [0.2, 0.25) is 0 Å². The molecule has 86 valence electrons. The lowest BCUT2D eigenvalue weighted by Gasteiger charge is -2.07. The summed E-state index contributed by atoms with van der Waals surface area (Å²) in [5.74, 6) is 0.172. The number of anilines is 1. The molecule has 0 atom stereocenters. The SMILES string of the molecule is Cc1ccccc1C(=O)Nc1ncccc1Cl. The number of rotatable bonds is 2. The van der Waals surface area contributed by atoms with E-state index >= 15 is 0 Å². The Morgan fingerprint density at radius 2 is 2.00 bits per heavy atom. The Hall–Kier alpha value is -1.87. The molecule has 1 amide bonds. The van der Waals surface area contributed by atoms with Gasteiger partial charge in [0.15, 0.2) is 5.82 Å². The molecule has 1 heterocycles. The lowest BCUT2D eigenvalue weighted by atomic mass is 10.1. The summed E-state index contributed by atoms with van der Waals surface area (Å²) in [6.07, 6.45) is 1.58. The van der Waals surface area contributed by atoms with Crippen LogP contribution in [-0.4, -0.2) is 10.9 Å². The van der Waals surface area contributed by atoms with E-state index in [4.69, 9.17) is 11.6 Å². The normalized spacial score (nSPS) is 10.0. The Morgan fingerprint density at radius 1 is 1.24 bits per heavy atom. The van der Waals surface area contributed by atoms with Crippen molar-refractivity contribution in [2.24, 2.45) is 0 Å². The molecule has 1 aromatic carbocycles. The quantitative estimate of drug-likeness (QED) is 0.884. The highest BCUT2D eigenvalue weighted by molar-refractivity contribution is 6.33. The summed E-state index contributed by atoms with van der Waals surface area (Å²) in [5, 5.41) is 3.11. The van der Waals surface area contributed by atoms with Gasteiger partial charge in [0.05, 0.1) is 5.02 Å². The number of carbonyl (C=O) groups excluding carboxylic acids is 1. The fourth-order valence-electron chi connectivity index (χ4n) is 1.48. The van der Waals surface area contributed by atoms with Crippen LogP contribution in [0.5, 0.6) is 0 Å². The van der Waals surface area contributed by atoms with Crippen molar-refractivity contribution in [1.29, 1.82) is 0 Å². The predicted octanol–water partition coefficient (Wildman–Crippen LogP) is 3.30. The van der Waals surface area contributed by atoms with E-state index in [-0.39, 0.29) is 5.91 Å². The molecule has 0 unspecified atom stereocenters. The van der Waals surface area contributed by atoms with E-state index < -0.39 is 0 Å². The molecule has 0 saturated carbocycles. The minimum Gasteiger partial charge on any atom is -0.305 e. The Balaban J connectivity index is 2.24. The third kappa shape index (κ3) is 2.63. The first kappa shape index (κ1) is 11.6. The first-order chi connectivity index (χ1) is 8.18. The topological polar surface area (TPSA) is 42.0 Å². The summed E-state index contributed by atoms with van der Waals surface area (Å²) in [7, 11) is 0. The number of nitrogens with one attached hydrogen (secondary N) is 1. The van der Waals surface area contributed by atoms with Gasteiger partial charge in [0.25, 0.3) is 5.91 Å². The molecule has 0 saturated heterocycles. The standard InChI is InChI=1S/C13H11ClN2O/c1-9-5-2-3-6-10(9)13(17)16-12-11(14)7-4-8-15-12/h2-8H,1H3,(H,15,16,17). The average Bonchev–Trinajstić information content (AvgIpc) is 2.32. The molecular weight excluding hydrogens is 236 g/mol. The highest BCUT2D eigenvalue weighted by Crippen LogP contribution is 2.18. The van der Waals surface area contributed by atoms with Gasteiger partial charge in [-0.2, -0.15) is 0 Å². The minimum absolute atomic E-state index is 0.205. The zero-order valence-corrected chi connectivity index (χ0v) is 10.0. The molecule has 0 aliphatic heterocycles. The molecule has 0 aliphatic rings. The smallest absolute Gasteiger partial charge is 0.257 e. The number of aryl methyl sites for hydroxylation is 1. The van der Waals surface area contributed by atoms with Crippen molar-refractivity contribution in [2.75, 3.05) is 5.32 Å². The third-order valence-electron chi connectivity index (χ3n) is 2.38. The van der Waals surface area contributed by atoms with Gasteiger partial charge in [0.1, 0.15) is 0 Å². The second-order valence-electron chi connectivity index (χ2n) is 3.60. The first-order valence-corrected chi connectivity index (χ1v) is 5.54. The Labute approximate surface area is 104 Å². The van der Waals surface area contributed by atoms with E-state index in [0.717, 1.165) is 5.56 Å². The number of pyridine rings is 1. The van der Waals surface area contributed by atoms with Crippen LogP contribution >= 0.6 is 11.6 Å². The monoisotopic (exact) mass is 246 g/mol. The Morgan fingerprint density at radius 3 is 2.71 bits per heavy atom. The fourth-order valence-corrected chi connectivity index (χ4v) is 1.65. The van der Waals surface area contributed by atoms with Gasteiger partial charge in [-0.25, -0.2) is 4.98 Å². The van der Waals surface area contributed by atoms with Gasteiger partial charge in [-0.1, -0.05) is 29.8 Å². The van der Waals surface area contributed by atoms with Gasteiger partial charge in [0, 0.05) is 11.8 Å². The lowest BCUT2D eigenvalue weighted by Crippen LogP contribution is -2.14. The molecule has 0 fully saturated rings. The lowest BCUT2D eigenvalue weighted by molar-refractivity contribution is 0.102. The number of benzene rings is 1. The molecule has 0 radical (unpaired) electrons. The average molecular weight is 247 g/mol. The van der Waals surface area contributed by atoms with Crippen LogP contribution in [0.1, 0.15) is 15.9 Å². The zero-order chi connectivity index (χ0) is 12.3. The number of hydrogen-bond acceptors (Lipinski definition) is 2. The van der Waals surface area contributed by atoms with Gasteiger partial charge < -0.3 is 5.32 Å². The van der Waals surface area contributed by atoms with E-state index in [1.165, 1.54) is 0 Å². The van der Waals surface area contributed by atoms with Crippen LogP contribution in [0, 0.1) is 6.92 Å². The van der Waals surface area contributed by atoms with Crippen molar-refractivity contribution in [2.45, 2.75) is 6.92 Å².